The van der Waals surface area contributed by atoms with Crippen LogP contribution in [0.4, 0.5) is 10.1 Å². The summed E-state index contributed by atoms with van der Waals surface area (Å²) in [5.41, 5.74) is 0.959. The molecule has 0 aliphatic carbocycles. The average molecular weight is 268 g/mol. The number of rotatable bonds is 5. The molecule has 0 amide bonds. The van der Waals surface area contributed by atoms with Gasteiger partial charge in [0.05, 0.1) is 0 Å². The van der Waals surface area contributed by atoms with Crippen molar-refractivity contribution in [1.29, 1.82) is 0 Å². The van der Waals surface area contributed by atoms with Crippen molar-refractivity contribution in [2.24, 2.45) is 0 Å². The third-order valence-corrected chi connectivity index (χ3v) is 4.68. The number of benzene rings is 1. The fourth-order valence-corrected chi connectivity index (χ4v) is 3.44. The van der Waals surface area contributed by atoms with E-state index in [1.807, 2.05) is 24.9 Å². The molecule has 0 unspecified atom stereocenters. The van der Waals surface area contributed by atoms with E-state index in [0.29, 0.717) is 0 Å². The minimum Gasteiger partial charge on any atom is -0.374 e. The lowest BCUT2D eigenvalue weighted by Gasteiger charge is -2.24. The molecule has 1 aliphatic rings. The Morgan fingerprint density at radius 3 is 2.89 bits per heavy atom. The lowest BCUT2D eigenvalue weighted by Crippen LogP contribution is -2.30. The lowest BCUT2D eigenvalue weighted by molar-refractivity contribution is 0.531. The highest BCUT2D eigenvalue weighted by atomic mass is 32.2. The van der Waals surface area contributed by atoms with Crippen molar-refractivity contribution in [2.75, 3.05) is 37.3 Å². The van der Waals surface area contributed by atoms with Crippen LogP contribution in [-0.2, 0) is 0 Å². The molecule has 0 bridgehead atoms. The molecule has 0 spiro atoms. The van der Waals surface area contributed by atoms with Crippen LogP contribution in [-0.4, -0.2) is 37.7 Å². The summed E-state index contributed by atoms with van der Waals surface area (Å²) >= 11 is 2.05. The Morgan fingerprint density at radius 2 is 2.17 bits per heavy atom. The van der Waals surface area contributed by atoms with Gasteiger partial charge in [-0.25, -0.2) is 4.39 Å². The SMILES string of the molecule is CN(CCSC1CCNCC1)c1cccc(F)c1. The summed E-state index contributed by atoms with van der Waals surface area (Å²) in [5.74, 6) is 0.947. The fraction of sp³-hybridized carbons (Fsp3) is 0.571. The predicted octanol–water partition coefficient (Wildman–Crippen LogP) is 2.75. The first-order valence-electron chi connectivity index (χ1n) is 6.55. The molecule has 1 aromatic rings. The minimum atomic E-state index is -0.162. The molecule has 0 atom stereocenters. The van der Waals surface area contributed by atoms with E-state index in [1.165, 1.54) is 18.9 Å². The zero-order valence-electron chi connectivity index (χ0n) is 10.9. The monoisotopic (exact) mass is 268 g/mol. The quantitative estimate of drug-likeness (QED) is 0.884. The van der Waals surface area contributed by atoms with E-state index in [-0.39, 0.29) is 5.82 Å². The standard InChI is InChI=1S/C14H21FN2S/c1-17(13-4-2-3-12(15)11-13)9-10-18-14-5-7-16-8-6-14/h2-4,11,14,16H,5-10H2,1H3. The van der Waals surface area contributed by atoms with E-state index in [0.717, 1.165) is 36.3 Å². The fourth-order valence-electron chi connectivity index (χ4n) is 2.16. The van der Waals surface area contributed by atoms with Crippen molar-refractivity contribution in [1.82, 2.24) is 5.32 Å². The van der Waals surface area contributed by atoms with Crippen LogP contribution in [0.5, 0.6) is 0 Å². The zero-order chi connectivity index (χ0) is 12.8. The van der Waals surface area contributed by atoms with Gasteiger partial charge >= 0.3 is 0 Å². The highest BCUT2D eigenvalue weighted by Gasteiger charge is 2.13. The maximum absolute atomic E-state index is 13.1. The normalized spacial score (nSPS) is 16.8. The van der Waals surface area contributed by atoms with Crippen LogP contribution in [0.1, 0.15) is 12.8 Å². The van der Waals surface area contributed by atoms with Crippen LogP contribution in [0.15, 0.2) is 24.3 Å². The van der Waals surface area contributed by atoms with Crippen molar-refractivity contribution in [3.05, 3.63) is 30.1 Å². The van der Waals surface area contributed by atoms with Crippen molar-refractivity contribution in [3.63, 3.8) is 0 Å². The van der Waals surface area contributed by atoms with Gasteiger partial charge in [0.2, 0.25) is 0 Å². The van der Waals surface area contributed by atoms with Crippen LogP contribution in [0.3, 0.4) is 0 Å². The summed E-state index contributed by atoms with van der Waals surface area (Å²) in [6.07, 6.45) is 2.54. The van der Waals surface area contributed by atoms with Crippen LogP contribution in [0.25, 0.3) is 0 Å². The summed E-state index contributed by atoms with van der Waals surface area (Å²) in [6, 6.07) is 6.80. The maximum atomic E-state index is 13.1. The molecular weight excluding hydrogens is 247 g/mol. The van der Waals surface area contributed by atoms with Gasteiger partial charge in [-0.2, -0.15) is 11.8 Å². The van der Waals surface area contributed by atoms with Crippen molar-refractivity contribution in [3.8, 4) is 0 Å². The molecule has 1 saturated heterocycles. The number of halogens is 1. The van der Waals surface area contributed by atoms with Gasteiger partial charge in [-0.15, -0.1) is 0 Å². The summed E-state index contributed by atoms with van der Waals surface area (Å²) in [7, 11) is 2.03. The molecule has 0 radical (unpaired) electrons. The summed E-state index contributed by atoms with van der Waals surface area (Å²) in [4.78, 5) is 2.12. The van der Waals surface area contributed by atoms with Gasteiger partial charge in [0, 0.05) is 30.3 Å². The minimum absolute atomic E-state index is 0.162. The average Bonchev–Trinajstić information content (AvgIpc) is 2.40. The maximum Gasteiger partial charge on any atom is 0.125 e. The molecule has 1 aromatic carbocycles. The molecular formula is C14H21FN2S. The topological polar surface area (TPSA) is 15.3 Å². The molecule has 1 N–H and O–H groups in total. The molecule has 0 aromatic heterocycles. The van der Waals surface area contributed by atoms with E-state index < -0.39 is 0 Å². The predicted molar refractivity (Wildman–Crippen MR) is 78.0 cm³/mol. The Bertz CT molecular complexity index is 367. The van der Waals surface area contributed by atoms with Crippen molar-refractivity contribution in [2.45, 2.75) is 18.1 Å². The second-order valence-electron chi connectivity index (χ2n) is 4.72. The first-order valence-corrected chi connectivity index (χ1v) is 7.59. The molecule has 1 aliphatic heterocycles. The van der Waals surface area contributed by atoms with Crippen molar-refractivity contribution < 1.29 is 4.39 Å². The Labute approximate surface area is 113 Å². The first-order chi connectivity index (χ1) is 8.75. The van der Waals surface area contributed by atoms with E-state index >= 15 is 0 Å². The Kier molecular flexibility index (Phi) is 5.32. The van der Waals surface area contributed by atoms with E-state index in [2.05, 4.69) is 10.2 Å². The van der Waals surface area contributed by atoms with Gasteiger partial charge in [-0.1, -0.05) is 6.07 Å². The van der Waals surface area contributed by atoms with Crippen LogP contribution in [0, 0.1) is 5.82 Å². The van der Waals surface area contributed by atoms with Gasteiger partial charge in [0.25, 0.3) is 0 Å². The smallest absolute Gasteiger partial charge is 0.125 e. The second-order valence-corrected chi connectivity index (χ2v) is 6.13. The summed E-state index contributed by atoms with van der Waals surface area (Å²) in [5, 5.41) is 4.18. The number of anilines is 1. The Morgan fingerprint density at radius 1 is 1.39 bits per heavy atom. The van der Waals surface area contributed by atoms with Gasteiger partial charge in [-0.3, -0.25) is 0 Å². The third kappa shape index (κ3) is 4.18. The number of nitrogens with one attached hydrogen (secondary N) is 1. The second kappa shape index (κ2) is 7.00. The van der Waals surface area contributed by atoms with Crippen LogP contribution in [0.2, 0.25) is 0 Å². The van der Waals surface area contributed by atoms with Gasteiger partial charge < -0.3 is 10.2 Å². The number of piperidine rings is 1. The largest absolute Gasteiger partial charge is 0.374 e. The van der Waals surface area contributed by atoms with Gasteiger partial charge in [0.1, 0.15) is 5.82 Å². The summed E-state index contributed by atoms with van der Waals surface area (Å²) < 4.78 is 13.1. The molecule has 18 heavy (non-hydrogen) atoms. The molecule has 4 heteroatoms. The van der Waals surface area contributed by atoms with E-state index in [4.69, 9.17) is 0 Å². The molecule has 1 fully saturated rings. The van der Waals surface area contributed by atoms with Crippen LogP contribution < -0.4 is 10.2 Å². The molecule has 100 valence electrons. The molecule has 0 saturated carbocycles. The number of hydrogen-bond acceptors (Lipinski definition) is 3. The molecule has 2 rings (SSSR count). The number of nitrogens with zero attached hydrogens (tertiary/aromatic N) is 1. The van der Waals surface area contributed by atoms with E-state index in [9.17, 15) is 4.39 Å². The van der Waals surface area contributed by atoms with Gasteiger partial charge in [-0.05, 0) is 44.1 Å². The number of hydrogen-bond donors (Lipinski definition) is 1. The third-order valence-electron chi connectivity index (χ3n) is 3.32. The molecule has 1 heterocycles. The lowest BCUT2D eigenvalue weighted by atomic mass is 10.2. The van der Waals surface area contributed by atoms with E-state index in [1.54, 1.807) is 12.1 Å². The van der Waals surface area contributed by atoms with Crippen molar-refractivity contribution >= 4 is 17.4 Å². The first kappa shape index (κ1) is 13.7. The summed E-state index contributed by atoms with van der Waals surface area (Å²) in [6.45, 7) is 3.27. The highest BCUT2D eigenvalue weighted by molar-refractivity contribution is 7.99. The van der Waals surface area contributed by atoms with Crippen LogP contribution >= 0.6 is 11.8 Å². The Hall–Kier alpha value is -0.740. The molecule has 2 nitrogen and oxygen atoms in total. The highest BCUT2D eigenvalue weighted by Crippen LogP contribution is 2.21. The Balaban J connectivity index is 1.72. The van der Waals surface area contributed by atoms with Gasteiger partial charge in [0.15, 0.2) is 0 Å². The zero-order valence-corrected chi connectivity index (χ0v) is 11.7. The number of thioether (sulfide) groups is 1.